The van der Waals surface area contributed by atoms with Gasteiger partial charge < -0.3 is 10.6 Å². The Hall–Kier alpha value is -3.36. The zero-order chi connectivity index (χ0) is 19.4. The number of halogens is 3. The zero-order valence-electron chi connectivity index (χ0n) is 14.0. The maximum absolute atomic E-state index is 13.9. The standard InChI is InChI=1S/C18H13F3N4O2/c1-10-6-2-3-7-11(10)14(26)23-17(18(19,20)21)15(27)25-13-9-5-4-8-12(13)22-16(25)24-17/h2-9H,1H3,(H,22,24)(H,23,26). The molecule has 9 heteroatoms. The highest BCUT2D eigenvalue weighted by Gasteiger charge is 2.66. The highest BCUT2D eigenvalue weighted by molar-refractivity contribution is 6.08. The number of benzene rings is 2. The Morgan fingerprint density at radius 3 is 2.52 bits per heavy atom. The number of carbonyl (C=O) groups is 2. The molecule has 6 nitrogen and oxygen atoms in total. The Kier molecular flexibility index (Phi) is 3.52. The average Bonchev–Trinajstić information content (AvgIpc) is 3.10. The monoisotopic (exact) mass is 374 g/mol. The van der Waals surface area contributed by atoms with E-state index >= 15 is 0 Å². The average molecular weight is 374 g/mol. The van der Waals surface area contributed by atoms with E-state index in [0.717, 1.165) is 4.57 Å². The lowest BCUT2D eigenvalue weighted by atomic mass is 10.1. The normalized spacial score (nSPS) is 19.0. The molecule has 0 radical (unpaired) electrons. The fourth-order valence-electron chi connectivity index (χ4n) is 3.12. The number of hydrogen-bond acceptors (Lipinski definition) is 4. The summed E-state index contributed by atoms with van der Waals surface area (Å²) in [7, 11) is 0. The predicted octanol–water partition coefficient (Wildman–Crippen LogP) is 3.10. The minimum atomic E-state index is -5.09. The van der Waals surface area contributed by atoms with Crippen LogP contribution in [0.2, 0.25) is 0 Å². The molecule has 0 spiro atoms. The number of imidazole rings is 1. The Balaban J connectivity index is 1.80. The van der Waals surface area contributed by atoms with Crippen LogP contribution in [0, 0.1) is 6.92 Å². The molecule has 0 saturated carbocycles. The molecule has 27 heavy (non-hydrogen) atoms. The number of nitrogens with one attached hydrogen (secondary N) is 2. The second-order valence-electron chi connectivity index (χ2n) is 6.21. The van der Waals surface area contributed by atoms with Crippen molar-refractivity contribution in [2.24, 2.45) is 0 Å². The van der Waals surface area contributed by atoms with Gasteiger partial charge in [-0.3, -0.25) is 9.59 Å². The van der Waals surface area contributed by atoms with Crippen molar-refractivity contribution in [2.75, 3.05) is 5.32 Å². The molecule has 0 saturated heterocycles. The molecule has 2 aromatic carbocycles. The van der Waals surface area contributed by atoms with Crippen LogP contribution >= 0.6 is 0 Å². The van der Waals surface area contributed by atoms with Crippen LogP contribution < -0.4 is 10.6 Å². The summed E-state index contributed by atoms with van der Waals surface area (Å²) in [5.74, 6) is -2.65. The topological polar surface area (TPSA) is 76.0 Å². The van der Waals surface area contributed by atoms with Gasteiger partial charge in [0, 0.05) is 5.56 Å². The van der Waals surface area contributed by atoms with Crippen LogP contribution in [0.5, 0.6) is 0 Å². The van der Waals surface area contributed by atoms with Crippen molar-refractivity contribution in [2.45, 2.75) is 18.8 Å². The van der Waals surface area contributed by atoms with Crippen LogP contribution in [-0.4, -0.2) is 33.2 Å². The predicted molar refractivity (Wildman–Crippen MR) is 91.4 cm³/mol. The fraction of sp³-hybridized carbons (Fsp3) is 0.167. The van der Waals surface area contributed by atoms with Gasteiger partial charge in [0.15, 0.2) is 0 Å². The third kappa shape index (κ3) is 2.38. The van der Waals surface area contributed by atoms with E-state index in [1.807, 2.05) is 5.32 Å². The number of alkyl halides is 3. The minimum Gasteiger partial charge on any atom is -0.317 e. The number of aryl methyl sites for hydroxylation is 1. The maximum Gasteiger partial charge on any atom is 0.440 e. The SMILES string of the molecule is Cc1ccccc1C(=O)NC1(C(F)(F)F)Nc2nc3ccccc3n2C1=O. The lowest BCUT2D eigenvalue weighted by Gasteiger charge is -2.30. The first kappa shape index (κ1) is 17.1. The molecule has 0 fully saturated rings. The first-order valence-electron chi connectivity index (χ1n) is 8.00. The molecule has 1 atom stereocenters. The molecule has 4 rings (SSSR count). The van der Waals surface area contributed by atoms with Crippen LogP contribution in [0.1, 0.15) is 20.7 Å². The Morgan fingerprint density at radius 2 is 1.81 bits per heavy atom. The number of rotatable bonds is 2. The van der Waals surface area contributed by atoms with Gasteiger partial charge in [0.25, 0.3) is 17.5 Å². The summed E-state index contributed by atoms with van der Waals surface area (Å²) in [6, 6.07) is 12.5. The number of para-hydroxylation sites is 2. The van der Waals surface area contributed by atoms with Crippen LogP contribution in [0.4, 0.5) is 19.1 Å². The van der Waals surface area contributed by atoms with E-state index < -0.39 is 23.7 Å². The fourth-order valence-corrected chi connectivity index (χ4v) is 3.12. The van der Waals surface area contributed by atoms with Crippen molar-refractivity contribution in [1.29, 1.82) is 0 Å². The summed E-state index contributed by atoms with van der Waals surface area (Å²) in [6.07, 6.45) is -5.09. The van der Waals surface area contributed by atoms with Crippen LogP contribution in [-0.2, 0) is 0 Å². The quantitative estimate of drug-likeness (QED) is 0.723. The number of nitrogens with zero attached hydrogens (tertiary/aromatic N) is 2. The highest BCUT2D eigenvalue weighted by Crippen LogP contribution is 2.39. The molecular formula is C18H13F3N4O2. The molecule has 1 aromatic heterocycles. The summed E-state index contributed by atoms with van der Waals surface area (Å²) in [5.41, 5.74) is -2.17. The lowest BCUT2D eigenvalue weighted by Crippen LogP contribution is -2.67. The largest absolute Gasteiger partial charge is 0.440 e. The molecule has 1 aliphatic heterocycles. The molecule has 2 heterocycles. The molecule has 1 aliphatic rings. The molecule has 0 bridgehead atoms. The molecular weight excluding hydrogens is 361 g/mol. The van der Waals surface area contributed by atoms with Gasteiger partial charge >= 0.3 is 6.18 Å². The van der Waals surface area contributed by atoms with Crippen molar-refractivity contribution < 1.29 is 22.8 Å². The molecule has 2 N–H and O–H groups in total. The number of anilines is 1. The number of amides is 1. The van der Waals surface area contributed by atoms with Gasteiger partial charge in [-0.15, -0.1) is 0 Å². The van der Waals surface area contributed by atoms with Gasteiger partial charge in [-0.1, -0.05) is 30.3 Å². The van der Waals surface area contributed by atoms with E-state index in [1.54, 1.807) is 37.3 Å². The van der Waals surface area contributed by atoms with E-state index in [1.165, 1.54) is 18.2 Å². The Bertz CT molecular complexity index is 1090. The van der Waals surface area contributed by atoms with Crippen LogP contribution in [0.25, 0.3) is 11.0 Å². The van der Waals surface area contributed by atoms with E-state index in [9.17, 15) is 22.8 Å². The van der Waals surface area contributed by atoms with Gasteiger partial charge in [0.05, 0.1) is 11.0 Å². The summed E-state index contributed by atoms with van der Waals surface area (Å²) in [5, 5.41) is 3.94. The second kappa shape index (κ2) is 5.57. The van der Waals surface area contributed by atoms with Gasteiger partial charge in [0.2, 0.25) is 5.95 Å². The Morgan fingerprint density at radius 1 is 1.15 bits per heavy atom. The number of aromatic nitrogens is 2. The summed E-state index contributed by atoms with van der Waals surface area (Å²) >= 11 is 0. The van der Waals surface area contributed by atoms with Crippen molar-refractivity contribution >= 4 is 28.8 Å². The highest BCUT2D eigenvalue weighted by atomic mass is 19.4. The molecule has 138 valence electrons. The smallest absolute Gasteiger partial charge is 0.317 e. The van der Waals surface area contributed by atoms with Crippen molar-refractivity contribution in [3.05, 3.63) is 59.7 Å². The first-order chi connectivity index (χ1) is 12.7. The second-order valence-corrected chi connectivity index (χ2v) is 6.21. The number of carbonyl (C=O) groups excluding carboxylic acids is 2. The number of hydrogen-bond donors (Lipinski definition) is 2. The van der Waals surface area contributed by atoms with Crippen molar-refractivity contribution in [3.63, 3.8) is 0 Å². The van der Waals surface area contributed by atoms with Gasteiger partial charge in [-0.2, -0.15) is 13.2 Å². The third-order valence-electron chi connectivity index (χ3n) is 4.50. The van der Waals surface area contributed by atoms with Gasteiger partial charge in [-0.25, -0.2) is 9.55 Å². The molecule has 3 aromatic rings. The number of fused-ring (bicyclic) bond motifs is 3. The van der Waals surface area contributed by atoms with E-state index in [0.29, 0.717) is 11.1 Å². The molecule has 0 aliphatic carbocycles. The van der Waals surface area contributed by atoms with Gasteiger partial charge in [-0.05, 0) is 30.7 Å². The summed E-state index contributed by atoms with van der Waals surface area (Å²) < 4.78 is 42.7. The zero-order valence-corrected chi connectivity index (χ0v) is 14.0. The summed E-state index contributed by atoms with van der Waals surface area (Å²) in [6.45, 7) is 1.59. The van der Waals surface area contributed by atoms with Crippen LogP contribution in [0.3, 0.4) is 0 Å². The minimum absolute atomic E-state index is 0.0464. The van der Waals surface area contributed by atoms with E-state index in [2.05, 4.69) is 10.3 Å². The van der Waals surface area contributed by atoms with E-state index in [-0.39, 0.29) is 17.0 Å². The summed E-state index contributed by atoms with van der Waals surface area (Å²) in [4.78, 5) is 29.4. The third-order valence-corrected chi connectivity index (χ3v) is 4.50. The van der Waals surface area contributed by atoms with Crippen LogP contribution in [0.15, 0.2) is 48.5 Å². The first-order valence-corrected chi connectivity index (χ1v) is 8.00. The van der Waals surface area contributed by atoms with Crippen molar-refractivity contribution in [1.82, 2.24) is 14.9 Å². The Labute approximate surface area is 151 Å². The molecule has 1 unspecified atom stereocenters. The maximum atomic E-state index is 13.9. The van der Waals surface area contributed by atoms with Gasteiger partial charge in [0.1, 0.15) is 0 Å². The lowest BCUT2D eigenvalue weighted by molar-refractivity contribution is -0.169. The van der Waals surface area contributed by atoms with E-state index in [4.69, 9.17) is 0 Å². The van der Waals surface area contributed by atoms with Crippen molar-refractivity contribution in [3.8, 4) is 0 Å². The molecule has 1 amide bonds.